The summed E-state index contributed by atoms with van der Waals surface area (Å²) in [6, 6.07) is 23.5. The number of carbonyl (C=O) groups is 2. The van der Waals surface area contributed by atoms with Crippen LogP contribution in [0.5, 0.6) is 0 Å². The second kappa shape index (κ2) is 10.4. The highest BCUT2D eigenvalue weighted by Gasteiger charge is 2.25. The van der Waals surface area contributed by atoms with E-state index in [0.29, 0.717) is 23.1 Å². The largest absolute Gasteiger partial charge is 0.345 e. The van der Waals surface area contributed by atoms with Crippen LogP contribution in [0.15, 0.2) is 78.0 Å². The molecule has 36 heavy (non-hydrogen) atoms. The third-order valence-electron chi connectivity index (χ3n) is 6.16. The van der Waals surface area contributed by atoms with Crippen molar-refractivity contribution < 1.29 is 9.59 Å². The van der Waals surface area contributed by atoms with Gasteiger partial charge < -0.3 is 10.2 Å². The van der Waals surface area contributed by atoms with Gasteiger partial charge in [0.15, 0.2) is 11.0 Å². The molecule has 0 fully saturated rings. The van der Waals surface area contributed by atoms with Crippen LogP contribution in [0.1, 0.15) is 32.9 Å². The number of amides is 2. The Balaban J connectivity index is 1.35. The Labute approximate surface area is 214 Å². The lowest BCUT2D eigenvalue weighted by atomic mass is 10.1. The molecule has 0 saturated carbocycles. The number of anilines is 1. The van der Waals surface area contributed by atoms with Gasteiger partial charge in [-0.25, -0.2) is 0 Å². The number of thioether (sulfide) groups is 1. The number of benzene rings is 3. The van der Waals surface area contributed by atoms with Crippen molar-refractivity contribution >= 4 is 29.3 Å². The number of para-hydroxylation sites is 1. The molecular weight excluding hydrogens is 470 g/mol. The number of hydrogen-bond acceptors (Lipinski definition) is 5. The van der Waals surface area contributed by atoms with Crippen molar-refractivity contribution in [3.8, 4) is 5.69 Å². The molecule has 0 unspecified atom stereocenters. The van der Waals surface area contributed by atoms with Crippen molar-refractivity contribution in [3.05, 3.63) is 101 Å². The predicted octanol–water partition coefficient (Wildman–Crippen LogP) is 4.50. The van der Waals surface area contributed by atoms with Crippen molar-refractivity contribution in [1.29, 1.82) is 0 Å². The van der Waals surface area contributed by atoms with Gasteiger partial charge >= 0.3 is 0 Å². The Morgan fingerprint density at radius 1 is 0.944 bits per heavy atom. The molecule has 1 aromatic heterocycles. The van der Waals surface area contributed by atoms with Crippen molar-refractivity contribution in [3.63, 3.8) is 0 Å². The third kappa shape index (κ3) is 5.04. The molecule has 0 saturated heterocycles. The predicted molar refractivity (Wildman–Crippen MR) is 142 cm³/mol. The van der Waals surface area contributed by atoms with E-state index in [4.69, 9.17) is 0 Å². The van der Waals surface area contributed by atoms with Gasteiger partial charge in [0.25, 0.3) is 5.91 Å². The summed E-state index contributed by atoms with van der Waals surface area (Å²) in [4.78, 5) is 27.6. The van der Waals surface area contributed by atoms with Gasteiger partial charge in [0.05, 0.1) is 12.3 Å². The van der Waals surface area contributed by atoms with Crippen LogP contribution in [0.25, 0.3) is 5.69 Å². The third-order valence-corrected chi connectivity index (χ3v) is 7.07. The number of hydrogen-bond donors (Lipinski definition) is 1. The highest BCUT2D eigenvalue weighted by Crippen LogP contribution is 2.29. The summed E-state index contributed by atoms with van der Waals surface area (Å²) in [5.41, 5.74) is 5.79. The molecule has 0 aliphatic carbocycles. The maximum atomic E-state index is 13.1. The molecule has 182 valence electrons. The molecule has 5 rings (SSSR count). The smallest absolute Gasteiger partial charge is 0.251 e. The van der Waals surface area contributed by atoms with Gasteiger partial charge in [-0.2, -0.15) is 0 Å². The van der Waals surface area contributed by atoms with Crippen LogP contribution in [0.3, 0.4) is 0 Å². The number of aryl methyl sites for hydroxylation is 2. The molecule has 8 heteroatoms. The number of aromatic nitrogens is 3. The van der Waals surface area contributed by atoms with Gasteiger partial charge in [-0.15, -0.1) is 10.2 Å². The average Bonchev–Trinajstić information content (AvgIpc) is 3.50. The molecule has 7 nitrogen and oxygen atoms in total. The van der Waals surface area contributed by atoms with E-state index in [1.165, 1.54) is 17.3 Å². The second-order valence-corrected chi connectivity index (χ2v) is 9.78. The van der Waals surface area contributed by atoms with Crippen LogP contribution in [0.4, 0.5) is 5.69 Å². The molecular formula is C28H27N5O2S. The maximum Gasteiger partial charge on any atom is 0.251 e. The minimum Gasteiger partial charge on any atom is -0.345 e. The first kappa shape index (κ1) is 23.8. The van der Waals surface area contributed by atoms with Gasteiger partial charge in [-0.1, -0.05) is 59.8 Å². The minimum absolute atomic E-state index is 0.0399. The van der Waals surface area contributed by atoms with Crippen molar-refractivity contribution in [2.24, 2.45) is 0 Å². The fraction of sp³-hybridized carbons (Fsp3) is 0.214. The van der Waals surface area contributed by atoms with Crippen LogP contribution < -0.4 is 10.2 Å². The van der Waals surface area contributed by atoms with Crippen LogP contribution in [-0.4, -0.2) is 38.9 Å². The van der Waals surface area contributed by atoms with Crippen molar-refractivity contribution in [2.75, 3.05) is 17.2 Å². The van der Waals surface area contributed by atoms with Crippen LogP contribution >= 0.6 is 11.8 Å². The summed E-state index contributed by atoms with van der Waals surface area (Å²) in [6.45, 7) is 4.88. The van der Waals surface area contributed by atoms with E-state index in [1.807, 2.05) is 84.0 Å². The zero-order chi connectivity index (χ0) is 25.1. The van der Waals surface area contributed by atoms with Crippen molar-refractivity contribution in [2.45, 2.75) is 32.0 Å². The molecule has 0 spiro atoms. The Morgan fingerprint density at radius 3 is 2.53 bits per heavy atom. The summed E-state index contributed by atoms with van der Waals surface area (Å²) in [5, 5.41) is 12.3. The Hall–Kier alpha value is -3.91. The monoisotopic (exact) mass is 497 g/mol. The number of nitrogens with zero attached hydrogens (tertiary/aromatic N) is 4. The zero-order valence-electron chi connectivity index (χ0n) is 20.3. The van der Waals surface area contributed by atoms with E-state index in [1.54, 1.807) is 6.07 Å². The molecule has 2 heterocycles. The van der Waals surface area contributed by atoms with Crippen molar-refractivity contribution in [1.82, 2.24) is 20.1 Å². The zero-order valence-corrected chi connectivity index (χ0v) is 21.1. The molecule has 1 aliphatic rings. The van der Waals surface area contributed by atoms with E-state index in [2.05, 4.69) is 21.6 Å². The van der Waals surface area contributed by atoms with Gasteiger partial charge in [0, 0.05) is 23.5 Å². The van der Waals surface area contributed by atoms with E-state index < -0.39 is 0 Å². The molecule has 2 amide bonds. The SMILES string of the molecule is Cc1cccc(C(=O)NCc2nnc(SCC(=O)N3CCc4ccccc43)n2-c2cccc(C)c2)c1. The Kier molecular flexibility index (Phi) is 6.86. The summed E-state index contributed by atoms with van der Waals surface area (Å²) in [5.74, 6) is 0.712. The van der Waals surface area contributed by atoms with Gasteiger partial charge in [0.2, 0.25) is 5.91 Å². The van der Waals surface area contributed by atoms with Crippen LogP contribution in [0, 0.1) is 13.8 Å². The average molecular weight is 498 g/mol. The molecule has 0 atom stereocenters. The standard InChI is InChI=1S/C28H27N5O2S/c1-19-7-5-10-22(15-19)27(35)29-17-25-30-31-28(33(25)23-11-6-8-20(2)16-23)36-18-26(34)32-14-13-21-9-3-4-12-24(21)32/h3-12,15-16H,13-14,17-18H2,1-2H3,(H,29,35). The fourth-order valence-corrected chi connectivity index (χ4v) is 5.23. The quantitative estimate of drug-likeness (QED) is 0.381. The molecule has 1 aliphatic heterocycles. The summed E-state index contributed by atoms with van der Waals surface area (Å²) in [6.07, 6.45) is 0.872. The molecule has 0 radical (unpaired) electrons. The summed E-state index contributed by atoms with van der Waals surface area (Å²) >= 11 is 1.36. The first-order valence-electron chi connectivity index (χ1n) is 11.9. The van der Waals surface area contributed by atoms with Gasteiger partial charge in [0.1, 0.15) is 0 Å². The molecule has 4 aromatic rings. The lowest BCUT2D eigenvalue weighted by molar-refractivity contribution is -0.116. The summed E-state index contributed by atoms with van der Waals surface area (Å²) in [7, 11) is 0. The van der Waals surface area contributed by atoms with E-state index in [-0.39, 0.29) is 24.1 Å². The van der Waals surface area contributed by atoms with Gasteiger partial charge in [-0.05, 0) is 61.7 Å². The highest BCUT2D eigenvalue weighted by molar-refractivity contribution is 7.99. The first-order valence-corrected chi connectivity index (χ1v) is 12.9. The second-order valence-electron chi connectivity index (χ2n) is 8.84. The van der Waals surface area contributed by atoms with E-state index in [9.17, 15) is 9.59 Å². The minimum atomic E-state index is -0.172. The number of carbonyl (C=O) groups excluding carboxylic acids is 2. The van der Waals surface area contributed by atoms with Crippen LogP contribution in [-0.2, 0) is 17.8 Å². The van der Waals surface area contributed by atoms with Crippen LogP contribution in [0.2, 0.25) is 0 Å². The summed E-state index contributed by atoms with van der Waals surface area (Å²) < 4.78 is 1.92. The topological polar surface area (TPSA) is 80.1 Å². The Morgan fingerprint density at radius 2 is 1.72 bits per heavy atom. The first-order chi connectivity index (χ1) is 17.5. The fourth-order valence-electron chi connectivity index (χ4n) is 4.38. The number of nitrogens with one attached hydrogen (secondary N) is 1. The lowest BCUT2D eigenvalue weighted by Gasteiger charge is -2.17. The van der Waals surface area contributed by atoms with E-state index in [0.717, 1.165) is 28.9 Å². The van der Waals surface area contributed by atoms with Gasteiger partial charge in [-0.3, -0.25) is 14.2 Å². The number of rotatable bonds is 7. The Bertz CT molecular complexity index is 1430. The maximum absolute atomic E-state index is 13.1. The lowest BCUT2D eigenvalue weighted by Crippen LogP contribution is -2.30. The molecule has 0 bridgehead atoms. The normalized spacial score (nSPS) is 12.4. The highest BCUT2D eigenvalue weighted by atomic mass is 32.2. The molecule has 3 aromatic carbocycles. The number of fused-ring (bicyclic) bond motifs is 1. The molecule has 1 N–H and O–H groups in total. The van der Waals surface area contributed by atoms with E-state index >= 15 is 0 Å².